The summed E-state index contributed by atoms with van der Waals surface area (Å²) in [6, 6.07) is 10.7. The summed E-state index contributed by atoms with van der Waals surface area (Å²) in [4.78, 5) is 25.1. The first kappa shape index (κ1) is 20.1. The number of halogens is 2. The number of rotatable bonds is 5. The minimum atomic E-state index is -0.956. The van der Waals surface area contributed by atoms with E-state index in [1.807, 2.05) is 24.4 Å². The molecule has 0 aliphatic heterocycles. The van der Waals surface area contributed by atoms with Crippen molar-refractivity contribution in [1.29, 1.82) is 0 Å². The number of nitrogens with one attached hydrogen (secondary N) is 2. The average molecular weight is 411 g/mol. The van der Waals surface area contributed by atoms with Gasteiger partial charge in [0.2, 0.25) is 11.8 Å². The van der Waals surface area contributed by atoms with Gasteiger partial charge in [0.1, 0.15) is 18.2 Å². The summed E-state index contributed by atoms with van der Waals surface area (Å²) >= 11 is 0. The van der Waals surface area contributed by atoms with Gasteiger partial charge in [-0.15, -0.1) is 0 Å². The van der Waals surface area contributed by atoms with Gasteiger partial charge in [0.25, 0.3) is 0 Å². The summed E-state index contributed by atoms with van der Waals surface area (Å²) in [6.07, 6.45) is 4.53. The molecule has 1 heterocycles. The number of anilines is 1. The number of aromatic nitrogens is 1. The Balaban J connectivity index is 1.65. The van der Waals surface area contributed by atoms with Crippen LogP contribution in [-0.2, 0) is 21.5 Å². The smallest absolute Gasteiger partial charge is 0.239 e. The van der Waals surface area contributed by atoms with Crippen molar-refractivity contribution in [3.05, 3.63) is 65.9 Å². The summed E-state index contributed by atoms with van der Waals surface area (Å²) in [6.45, 7) is 0.171. The number of amides is 2. The van der Waals surface area contributed by atoms with Crippen LogP contribution >= 0.6 is 0 Å². The van der Waals surface area contributed by atoms with Crippen molar-refractivity contribution in [3.63, 3.8) is 0 Å². The fourth-order valence-electron chi connectivity index (χ4n) is 4.34. The van der Waals surface area contributed by atoms with Gasteiger partial charge >= 0.3 is 0 Å². The van der Waals surface area contributed by atoms with Crippen molar-refractivity contribution in [1.82, 2.24) is 9.88 Å². The normalized spacial score (nSPS) is 15.3. The lowest BCUT2D eigenvalue weighted by atomic mass is 9.77. The summed E-state index contributed by atoms with van der Waals surface area (Å²) < 4.78 is 29.5. The molecule has 0 bridgehead atoms. The average Bonchev–Trinajstić information content (AvgIpc) is 3.35. The first-order valence-electron chi connectivity index (χ1n) is 9.99. The zero-order valence-corrected chi connectivity index (χ0v) is 16.7. The number of carbonyl (C=O) groups is 2. The molecule has 0 radical (unpaired) electrons. The van der Waals surface area contributed by atoms with Crippen LogP contribution < -0.4 is 10.6 Å². The van der Waals surface area contributed by atoms with Crippen LogP contribution in [0.25, 0.3) is 10.9 Å². The Bertz CT molecular complexity index is 1100. The molecular formula is C23H23F2N3O2. The molecular weight excluding hydrogens is 388 g/mol. The number of hydrogen-bond donors (Lipinski definition) is 2. The molecule has 1 saturated carbocycles. The molecule has 1 fully saturated rings. The highest BCUT2D eigenvalue weighted by atomic mass is 19.1. The van der Waals surface area contributed by atoms with Crippen LogP contribution in [-0.4, -0.2) is 23.4 Å². The Hall–Kier alpha value is -3.22. The van der Waals surface area contributed by atoms with Gasteiger partial charge in [0, 0.05) is 25.0 Å². The number of fused-ring (bicyclic) bond motifs is 1. The third-order valence-electron chi connectivity index (χ3n) is 5.93. The van der Waals surface area contributed by atoms with Crippen molar-refractivity contribution in [3.8, 4) is 0 Å². The molecule has 0 atom stereocenters. The number of likely N-dealkylation sites (N-methyl/N-ethyl adjacent to an activating group) is 1. The van der Waals surface area contributed by atoms with Crippen LogP contribution in [0.3, 0.4) is 0 Å². The van der Waals surface area contributed by atoms with Crippen molar-refractivity contribution in [2.75, 3.05) is 12.4 Å². The summed E-state index contributed by atoms with van der Waals surface area (Å²) in [7, 11) is 1.58. The molecule has 5 nitrogen and oxygen atoms in total. The van der Waals surface area contributed by atoms with E-state index in [0.717, 1.165) is 29.8 Å². The molecule has 2 amide bonds. The van der Waals surface area contributed by atoms with E-state index in [1.54, 1.807) is 17.7 Å². The van der Waals surface area contributed by atoms with Crippen LogP contribution in [0.4, 0.5) is 14.5 Å². The lowest BCUT2D eigenvalue weighted by molar-refractivity contribution is -0.122. The van der Waals surface area contributed by atoms with Crippen molar-refractivity contribution < 1.29 is 18.4 Å². The summed E-state index contributed by atoms with van der Waals surface area (Å²) in [5, 5.41) is 6.48. The van der Waals surface area contributed by atoms with Gasteiger partial charge in [-0.1, -0.05) is 18.9 Å². The predicted molar refractivity (Wildman–Crippen MR) is 111 cm³/mol. The Morgan fingerprint density at radius 1 is 1.03 bits per heavy atom. The summed E-state index contributed by atoms with van der Waals surface area (Å²) in [5.74, 6) is -1.76. The molecule has 30 heavy (non-hydrogen) atoms. The monoisotopic (exact) mass is 411 g/mol. The van der Waals surface area contributed by atoms with E-state index in [9.17, 15) is 18.4 Å². The Morgan fingerprint density at radius 3 is 2.40 bits per heavy atom. The molecule has 3 aromatic rings. The van der Waals surface area contributed by atoms with Crippen LogP contribution in [0.5, 0.6) is 0 Å². The van der Waals surface area contributed by atoms with Crippen molar-refractivity contribution in [2.24, 2.45) is 0 Å². The standard InChI is InChI=1S/C23H23F2N3O2/c1-26-21(29)14-28-9-6-15-4-5-19(13-20(15)28)27-22(30)23(7-2-3-8-23)16-10-17(24)12-18(25)11-16/h4-6,9-13H,2-3,7-8,14H2,1H3,(H,26,29)(H,27,30). The highest BCUT2D eigenvalue weighted by molar-refractivity contribution is 6.00. The van der Waals surface area contributed by atoms with E-state index < -0.39 is 17.0 Å². The lowest BCUT2D eigenvalue weighted by Gasteiger charge is -2.28. The van der Waals surface area contributed by atoms with E-state index in [2.05, 4.69) is 10.6 Å². The molecule has 2 aromatic carbocycles. The Kier molecular flexibility index (Phi) is 5.28. The molecule has 1 aromatic heterocycles. The van der Waals surface area contributed by atoms with E-state index in [0.29, 0.717) is 24.1 Å². The van der Waals surface area contributed by atoms with E-state index >= 15 is 0 Å². The minimum absolute atomic E-state index is 0.125. The molecule has 7 heteroatoms. The Morgan fingerprint density at radius 2 is 1.73 bits per heavy atom. The Labute approximate surface area is 173 Å². The maximum absolute atomic E-state index is 13.9. The number of carbonyl (C=O) groups excluding carboxylic acids is 2. The van der Waals surface area contributed by atoms with Gasteiger partial charge < -0.3 is 15.2 Å². The predicted octanol–water partition coefficient (Wildman–Crippen LogP) is 4.12. The third-order valence-corrected chi connectivity index (χ3v) is 5.93. The fourth-order valence-corrected chi connectivity index (χ4v) is 4.34. The maximum atomic E-state index is 13.9. The van der Waals surface area contributed by atoms with E-state index in [-0.39, 0.29) is 18.4 Å². The maximum Gasteiger partial charge on any atom is 0.239 e. The number of hydrogen-bond acceptors (Lipinski definition) is 2. The molecule has 156 valence electrons. The van der Waals surface area contributed by atoms with Gasteiger partial charge in [-0.05, 0) is 54.1 Å². The molecule has 0 spiro atoms. The highest BCUT2D eigenvalue weighted by Crippen LogP contribution is 2.42. The number of benzene rings is 2. The highest BCUT2D eigenvalue weighted by Gasteiger charge is 2.43. The van der Waals surface area contributed by atoms with Gasteiger partial charge in [0.15, 0.2) is 0 Å². The minimum Gasteiger partial charge on any atom is -0.358 e. The van der Waals surface area contributed by atoms with Gasteiger partial charge in [-0.3, -0.25) is 9.59 Å². The van der Waals surface area contributed by atoms with Crippen LogP contribution in [0.2, 0.25) is 0 Å². The molecule has 4 rings (SSSR count). The topological polar surface area (TPSA) is 63.1 Å². The van der Waals surface area contributed by atoms with E-state index in [4.69, 9.17) is 0 Å². The largest absolute Gasteiger partial charge is 0.358 e. The second-order valence-electron chi connectivity index (χ2n) is 7.79. The van der Waals surface area contributed by atoms with Crippen LogP contribution in [0.1, 0.15) is 31.2 Å². The second-order valence-corrected chi connectivity index (χ2v) is 7.79. The SMILES string of the molecule is CNC(=O)Cn1ccc2ccc(NC(=O)C3(c4cc(F)cc(F)c4)CCCC3)cc21. The van der Waals surface area contributed by atoms with Crippen LogP contribution in [0.15, 0.2) is 48.7 Å². The molecule has 0 unspecified atom stereocenters. The van der Waals surface area contributed by atoms with Crippen molar-refractivity contribution in [2.45, 2.75) is 37.6 Å². The fraction of sp³-hybridized carbons (Fsp3) is 0.304. The number of nitrogens with zero attached hydrogens (tertiary/aromatic N) is 1. The zero-order valence-electron chi connectivity index (χ0n) is 16.7. The molecule has 0 saturated heterocycles. The molecule has 1 aliphatic rings. The molecule has 1 aliphatic carbocycles. The van der Waals surface area contributed by atoms with Gasteiger partial charge in [0.05, 0.1) is 10.9 Å². The zero-order chi connectivity index (χ0) is 21.3. The summed E-state index contributed by atoms with van der Waals surface area (Å²) in [5.41, 5.74) is 0.808. The van der Waals surface area contributed by atoms with Gasteiger partial charge in [-0.25, -0.2) is 8.78 Å². The quantitative estimate of drug-likeness (QED) is 0.664. The second kappa shape index (κ2) is 7.89. The lowest BCUT2D eigenvalue weighted by Crippen LogP contribution is -2.38. The molecule has 2 N–H and O–H groups in total. The third kappa shape index (κ3) is 3.67. The van der Waals surface area contributed by atoms with E-state index in [1.165, 1.54) is 12.1 Å². The first-order valence-corrected chi connectivity index (χ1v) is 9.99. The van der Waals surface area contributed by atoms with Crippen molar-refractivity contribution >= 4 is 28.4 Å². The van der Waals surface area contributed by atoms with Gasteiger partial charge in [-0.2, -0.15) is 0 Å². The first-order chi connectivity index (χ1) is 14.4. The van der Waals surface area contributed by atoms with Crippen LogP contribution in [0, 0.1) is 11.6 Å².